The number of nitrogens with one attached hydrogen (secondary N) is 1. The number of methoxy groups -OCH3 is 1. The molecule has 2 aliphatic heterocycles. The molecule has 2 saturated heterocycles. The Bertz CT molecular complexity index is 844. The molecule has 1 atom stereocenters. The molecular formula is C24H34N4O4. The summed E-state index contributed by atoms with van der Waals surface area (Å²) in [6.45, 7) is 2.19. The smallest absolute Gasteiger partial charge is 0.327 e. The van der Waals surface area contributed by atoms with Gasteiger partial charge in [-0.1, -0.05) is 31.4 Å². The molecule has 4 rings (SSSR count). The molecular weight excluding hydrogens is 408 g/mol. The maximum atomic E-state index is 13.1. The van der Waals surface area contributed by atoms with E-state index < -0.39 is 5.54 Å². The van der Waals surface area contributed by atoms with Crippen LogP contribution in [0.25, 0.3) is 0 Å². The first-order chi connectivity index (χ1) is 15.5. The molecule has 2 heterocycles. The lowest BCUT2D eigenvalue weighted by Crippen LogP contribution is -2.49. The molecule has 4 amide bonds. The fraction of sp³-hybridized carbons (Fsp3) is 0.625. The molecule has 1 saturated carbocycles. The number of urea groups is 1. The fourth-order valence-corrected chi connectivity index (χ4v) is 5.42. The number of hydrogen-bond donors (Lipinski definition) is 1. The van der Waals surface area contributed by atoms with Crippen molar-refractivity contribution in [1.29, 1.82) is 0 Å². The van der Waals surface area contributed by atoms with Gasteiger partial charge in [0.05, 0.1) is 13.2 Å². The molecule has 1 N–H and O–H groups in total. The normalized spacial score (nSPS) is 21.9. The van der Waals surface area contributed by atoms with Crippen molar-refractivity contribution >= 4 is 17.8 Å². The molecule has 174 valence electrons. The minimum absolute atomic E-state index is 0.0460. The van der Waals surface area contributed by atoms with Crippen LogP contribution in [0.15, 0.2) is 24.3 Å². The predicted octanol–water partition coefficient (Wildman–Crippen LogP) is 2.55. The third kappa shape index (κ3) is 4.20. The Morgan fingerprint density at radius 3 is 2.34 bits per heavy atom. The van der Waals surface area contributed by atoms with Gasteiger partial charge in [-0.25, -0.2) is 4.79 Å². The molecule has 1 aromatic carbocycles. The van der Waals surface area contributed by atoms with E-state index in [1.54, 1.807) is 19.1 Å². The number of benzene rings is 1. The van der Waals surface area contributed by atoms with Gasteiger partial charge in [0.1, 0.15) is 17.8 Å². The monoisotopic (exact) mass is 442 g/mol. The molecule has 3 fully saturated rings. The van der Waals surface area contributed by atoms with Crippen molar-refractivity contribution in [2.75, 3.05) is 40.3 Å². The Hall–Kier alpha value is -2.61. The minimum atomic E-state index is -0.753. The summed E-state index contributed by atoms with van der Waals surface area (Å²) in [6.07, 6.45) is 6.60. The molecule has 32 heavy (non-hydrogen) atoms. The number of amides is 4. The maximum Gasteiger partial charge on any atom is 0.327 e. The van der Waals surface area contributed by atoms with Crippen LogP contribution in [0, 0.1) is 0 Å². The Labute approximate surface area is 189 Å². The van der Waals surface area contributed by atoms with Gasteiger partial charge in [-0.05, 0) is 56.5 Å². The first-order valence-corrected chi connectivity index (χ1v) is 11.7. The van der Waals surface area contributed by atoms with E-state index >= 15 is 0 Å². The molecule has 0 radical (unpaired) electrons. The third-order valence-corrected chi connectivity index (χ3v) is 7.36. The number of rotatable bonds is 7. The largest absolute Gasteiger partial charge is 0.497 e. The lowest BCUT2D eigenvalue weighted by Gasteiger charge is -2.35. The molecule has 0 aromatic heterocycles. The first kappa shape index (κ1) is 22.6. The highest BCUT2D eigenvalue weighted by Gasteiger charge is 2.55. The van der Waals surface area contributed by atoms with E-state index in [0.29, 0.717) is 19.4 Å². The standard InChI is InChI=1S/C24H34N4O4/c1-26-23(31)28(22(30)24(26)12-4-3-5-13-24)17-21(29)25-16-20(27-14-6-7-15-27)18-8-10-19(32-2)11-9-18/h8-11,20H,3-7,12-17H2,1-2H3,(H,25,29). The first-order valence-electron chi connectivity index (χ1n) is 11.7. The van der Waals surface area contributed by atoms with Gasteiger partial charge in [0.15, 0.2) is 0 Å². The SMILES string of the molecule is COc1ccc(C(CNC(=O)CN2C(=O)N(C)C3(CCCCC3)C2=O)N2CCCC2)cc1. The van der Waals surface area contributed by atoms with Crippen molar-refractivity contribution in [2.24, 2.45) is 0 Å². The van der Waals surface area contributed by atoms with Crippen LogP contribution in [-0.2, 0) is 9.59 Å². The van der Waals surface area contributed by atoms with E-state index in [-0.39, 0.29) is 30.4 Å². The molecule has 1 spiro atoms. The van der Waals surface area contributed by atoms with Crippen molar-refractivity contribution in [3.63, 3.8) is 0 Å². The zero-order chi connectivity index (χ0) is 22.7. The second kappa shape index (κ2) is 9.48. The number of hydrogen-bond acceptors (Lipinski definition) is 5. The zero-order valence-corrected chi connectivity index (χ0v) is 19.1. The molecule has 1 aromatic rings. The number of likely N-dealkylation sites (N-methyl/N-ethyl adjacent to an activating group) is 1. The number of likely N-dealkylation sites (tertiary alicyclic amines) is 1. The summed E-state index contributed by atoms with van der Waals surface area (Å²) < 4.78 is 5.27. The highest BCUT2D eigenvalue weighted by molar-refractivity contribution is 6.08. The van der Waals surface area contributed by atoms with Crippen LogP contribution in [0.3, 0.4) is 0 Å². The topological polar surface area (TPSA) is 82.2 Å². The number of carbonyl (C=O) groups excluding carboxylic acids is 3. The highest BCUT2D eigenvalue weighted by Crippen LogP contribution is 2.39. The summed E-state index contributed by atoms with van der Waals surface area (Å²) in [6, 6.07) is 7.61. The Morgan fingerprint density at radius 1 is 1.06 bits per heavy atom. The summed E-state index contributed by atoms with van der Waals surface area (Å²) in [5.74, 6) is 0.279. The van der Waals surface area contributed by atoms with E-state index in [1.165, 1.54) is 0 Å². The minimum Gasteiger partial charge on any atom is -0.497 e. The lowest BCUT2D eigenvalue weighted by atomic mass is 9.81. The van der Waals surface area contributed by atoms with Crippen LogP contribution in [-0.4, -0.2) is 78.4 Å². The van der Waals surface area contributed by atoms with Gasteiger partial charge in [0, 0.05) is 13.6 Å². The molecule has 1 aliphatic carbocycles. The van der Waals surface area contributed by atoms with Crippen LogP contribution >= 0.6 is 0 Å². The lowest BCUT2D eigenvalue weighted by molar-refractivity contribution is -0.137. The Morgan fingerprint density at radius 2 is 1.72 bits per heavy atom. The summed E-state index contributed by atoms with van der Waals surface area (Å²) >= 11 is 0. The van der Waals surface area contributed by atoms with E-state index in [9.17, 15) is 14.4 Å². The van der Waals surface area contributed by atoms with Gasteiger partial charge in [-0.15, -0.1) is 0 Å². The van der Waals surface area contributed by atoms with E-state index in [2.05, 4.69) is 10.2 Å². The van der Waals surface area contributed by atoms with Gasteiger partial charge in [-0.2, -0.15) is 0 Å². The van der Waals surface area contributed by atoms with Crippen LogP contribution in [0.1, 0.15) is 56.6 Å². The third-order valence-electron chi connectivity index (χ3n) is 7.36. The number of imide groups is 1. The molecule has 0 bridgehead atoms. The van der Waals surface area contributed by atoms with Crippen LogP contribution in [0.2, 0.25) is 0 Å². The van der Waals surface area contributed by atoms with Crippen molar-refractivity contribution in [1.82, 2.24) is 20.0 Å². The molecule has 8 heteroatoms. The second-order valence-corrected chi connectivity index (χ2v) is 9.16. The van der Waals surface area contributed by atoms with E-state index in [4.69, 9.17) is 4.74 Å². The van der Waals surface area contributed by atoms with E-state index in [0.717, 1.165) is 61.4 Å². The van der Waals surface area contributed by atoms with Crippen molar-refractivity contribution in [3.8, 4) is 5.75 Å². The zero-order valence-electron chi connectivity index (χ0n) is 19.1. The maximum absolute atomic E-state index is 13.1. The quantitative estimate of drug-likeness (QED) is 0.657. The van der Waals surface area contributed by atoms with Gasteiger partial charge >= 0.3 is 6.03 Å². The molecule has 3 aliphatic rings. The van der Waals surface area contributed by atoms with Crippen molar-refractivity contribution in [3.05, 3.63) is 29.8 Å². The molecule has 1 unspecified atom stereocenters. The average molecular weight is 443 g/mol. The van der Waals surface area contributed by atoms with Crippen molar-refractivity contribution in [2.45, 2.75) is 56.5 Å². The van der Waals surface area contributed by atoms with Gasteiger partial charge in [-0.3, -0.25) is 19.4 Å². The van der Waals surface area contributed by atoms with Crippen LogP contribution < -0.4 is 10.1 Å². The number of nitrogens with zero attached hydrogens (tertiary/aromatic N) is 3. The van der Waals surface area contributed by atoms with E-state index in [1.807, 2.05) is 24.3 Å². The summed E-state index contributed by atoms with van der Waals surface area (Å²) in [5, 5.41) is 2.98. The fourth-order valence-electron chi connectivity index (χ4n) is 5.42. The summed E-state index contributed by atoms with van der Waals surface area (Å²) in [5.41, 5.74) is 0.360. The Kier molecular flexibility index (Phi) is 6.69. The second-order valence-electron chi connectivity index (χ2n) is 9.16. The average Bonchev–Trinajstić information content (AvgIpc) is 3.41. The Balaban J connectivity index is 1.41. The van der Waals surface area contributed by atoms with Gasteiger partial charge < -0.3 is 15.0 Å². The highest BCUT2D eigenvalue weighted by atomic mass is 16.5. The molecule has 8 nitrogen and oxygen atoms in total. The summed E-state index contributed by atoms with van der Waals surface area (Å²) in [4.78, 5) is 43.8. The predicted molar refractivity (Wildman–Crippen MR) is 120 cm³/mol. The van der Waals surface area contributed by atoms with Crippen molar-refractivity contribution < 1.29 is 19.1 Å². The van der Waals surface area contributed by atoms with Crippen LogP contribution in [0.5, 0.6) is 5.75 Å². The van der Waals surface area contributed by atoms with Crippen LogP contribution in [0.4, 0.5) is 4.79 Å². The number of carbonyl (C=O) groups is 3. The number of ether oxygens (including phenoxy) is 1. The summed E-state index contributed by atoms with van der Waals surface area (Å²) in [7, 11) is 3.33. The van der Waals surface area contributed by atoms with Gasteiger partial charge in [0.25, 0.3) is 5.91 Å². The van der Waals surface area contributed by atoms with Gasteiger partial charge in [0.2, 0.25) is 5.91 Å².